The van der Waals surface area contributed by atoms with Crippen LogP contribution in [-0.4, -0.2) is 74.9 Å². The molecule has 2 unspecified atom stereocenters. The lowest BCUT2D eigenvalue weighted by Gasteiger charge is -2.23. The number of esters is 2. The summed E-state index contributed by atoms with van der Waals surface area (Å²) in [5.74, 6) is -0.770. The molecule has 0 rings (SSSR count). The second-order valence-corrected chi connectivity index (χ2v) is 19.3. The Morgan fingerprint density at radius 2 is 0.825 bits per heavy atom. The zero-order valence-corrected chi connectivity index (χ0v) is 39.2. The summed E-state index contributed by atoms with van der Waals surface area (Å²) >= 11 is 0. The van der Waals surface area contributed by atoms with E-state index < -0.39 is 19.9 Å². The molecule has 0 heterocycles. The molecule has 340 valence electrons. The van der Waals surface area contributed by atoms with Crippen molar-refractivity contribution < 1.29 is 42.1 Å². The van der Waals surface area contributed by atoms with E-state index in [4.69, 9.17) is 18.5 Å². The van der Waals surface area contributed by atoms with E-state index in [-0.39, 0.29) is 32.2 Å². The highest BCUT2D eigenvalue weighted by Crippen LogP contribution is 2.43. The van der Waals surface area contributed by atoms with Crippen LogP contribution >= 0.6 is 7.82 Å². The number of phosphoric ester groups is 1. The molecule has 2 atom stereocenters. The minimum Gasteiger partial charge on any atom is -0.462 e. The van der Waals surface area contributed by atoms with Crippen molar-refractivity contribution in [3.05, 3.63) is 0 Å². The van der Waals surface area contributed by atoms with Crippen LogP contribution in [0.5, 0.6) is 0 Å². The molecule has 0 saturated heterocycles. The Labute approximate surface area is 353 Å². The number of carbonyl (C=O) groups excluding carboxylic acids is 2. The maximum absolute atomic E-state index is 12.7. The van der Waals surface area contributed by atoms with E-state index in [1.54, 1.807) is 0 Å². The summed E-state index contributed by atoms with van der Waals surface area (Å²) in [7, 11) is 2.05. The third-order valence-electron chi connectivity index (χ3n) is 10.8. The summed E-state index contributed by atoms with van der Waals surface area (Å²) in [6, 6.07) is 0. The predicted octanol–water partition coefficient (Wildman–Crippen LogP) is 14.0. The third-order valence-corrected chi connectivity index (χ3v) is 11.8. The Kier molecular flexibility index (Phi) is 39.7. The fourth-order valence-corrected chi connectivity index (χ4v) is 7.95. The summed E-state index contributed by atoms with van der Waals surface area (Å²) in [5, 5.41) is 0. The van der Waals surface area contributed by atoms with Crippen LogP contribution in [0.25, 0.3) is 0 Å². The third kappa shape index (κ3) is 44.4. The molecule has 0 aliphatic rings. The van der Waals surface area contributed by atoms with E-state index in [9.17, 15) is 19.0 Å². The number of hydrogen-bond donors (Lipinski definition) is 1. The highest BCUT2D eigenvalue weighted by atomic mass is 31.2. The van der Waals surface area contributed by atoms with Gasteiger partial charge in [0.05, 0.1) is 40.9 Å². The SMILES string of the molecule is CCCCCCCCCCCCCCCCCC(=O)OCC(COP(=O)(O)OCCCCC[N+](C)(C)C)OC(=O)CCCCCCCCCCCCCCCCC. The number of phosphoric acid groups is 1. The van der Waals surface area contributed by atoms with Gasteiger partial charge in [-0.05, 0) is 32.1 Å². The standard InChI is InChI=1S/C47H94NO8P/c1-6-8-10-12-14-16-18-20-22-24-26-28-30-32-35-39-46(49)53-43-45(44-55-57(51,52)54-42-38-34-37-41-48(3,4)5)56-47(50)40-36-33-31-29-27-25-23-21-19-17-15-13-11-9-7-2/h45H,6-44H2,1-5H3/p+1. The van der Waals surface area contributed by atoms with Crippen molar-refractivity contribution >= 4 is 19.8 Å². The van der Waals surface area contributed by atoms with Gasteiger partial charge < -0.3 is 18.9 Å². The Balaban J connectivity index is 4.38. The molecule has 0 aromatic rings. The molecule has 0 aromatic carbocycles. The molecule has 0 saturated carbocycles. The van der Waals surface area contributed by atoms with E-state index >= 15 is 0 Å². The molecule has 57 heavy (non-hydrogen) atoms. The van der Waals surface area contributed by atoms with E-state index in [0.717, 1.165) is 62.4 Å². The molecular weight excluding hydrogens is 737 g/mol. The van der Waals surface area contributed by atoms with Crippen molar-refractivity contribution in [2.45, 2.75) is 245 Å². The normalized spacial score (nSPS) is 13.4. The van der Waals surface area contributed by atoms with E-state index in [1.165, 1.54) is 154 Å². The smallest absolute Gasteiger partial charge is 0.462 e. The van der Waals surface area contributed by atoms with Gasteiger partial charge in [-0.1, -0.05) is 194 Å². The maximum Gasteiger partial charge on any atom is 0.472 e. The molecule has 9 nitrogen and oxygen atoms in total. The number of nitrogens with zero attached hydrogens (tertiary/aromatic N) is 1. The van der Waals surface area contributed by atoms with Gasteiger partial charge in [-0.15, -0.1) is 0 Å². The second kappa shape index (κ2) is 40.4. The van der Waals surface area contributed by atoms with Crippen LogP contribution in [0.1, 0.15) is 239 Å². The van der Waals surface area contributed by atoms with Crippen LogP contribution in [0, 0.1) is 0 Å². The molecule has 0 aromatic heterocycles. The van der Waals surface area contributed by atoms with Gasteiger partial charge in [-0.2, -0.15) is 0 Å². The predicted molar refractivity (Wildman–Crippen MR) is 238 cm³/mol. The van der Waals surface area contributed by atoms with Crippen molar-refractivity contribution in [1.82, 2.24) is 0 Å². The zero-order valence-electron chi connectivity index (χ0n) is 38.4. The quantitative estimate of drug-likeness (QED) is 0.0280. The minimum atomic E-state index is -4.35. The first-order chi connectivity index (χ1) is 27.5. The monoisotopic (exact) mass is 833 g/mol. The van der Waals surface area contributed by atoms with E-state index in [0.29, 0.717) is 12.8 Å². The highest BCUT2D eigenvalue weighted by molar-refractivity contribution is 7.47. The maximum atomic E-state index is 12.7. The lowest BCUT2D eigenvalue weighted by atomic mass is 10.0. The number of ether oxygens (including phenoxy) is 2. The van der Waals surface area contributed by atoms with Gasteiger partial charge in [-0.3, -0.25) is 18.6 Å². The van der Waals surface area contributed by atoms with Gasteiger partial charge in [0.15, 0.2) is 6.10 Å². The van der Waals surface area contributed by atoms with Gasteiger partial charge in [0.25, 0.3) is 0 Å². The summed E-state index contributed by atoms with van der Waals surface area (Å²) in [4.78, 5) is 35.6. The Hall–Kier alpha value is -0.990. The van der Waals surface area contributed by atoms with Crippen LogP contribution in [-0.2, 0) is 32.7 Å². The molecule has 0 aliphatic carbocycles. The summed E-state index contributed by atoms with van der Waals surface area (Å²) in [5.41, 5.74) is 0. The number of rotatable bonds is 45. The zero-order chi connectivity index (χ0) is 42.1. The summed E-state index contributed by atoms with van der Waals surface area (Å²) in [6.07, 6.45) is 39.7. The Bertz CT molecular complexity index is 943. The average Bonchev–Trinajstić information content (AvgIpc) is 3.16. The molecule has 0 amide bonds. The van der Waals surface area contributed by atoms with Crippen molar-refractivity contribution in [2.24, 2.45) is 0 Å². The minimum absolute atomic E-state index is 0.100. The lowest BCUT2D eigenvalue weighted by Crippen LogP contribution is -2.35. The molecule has 1 N–H and O–H groups in total. The Morgan fingerprint density at radius 1 is 0.474 bits per heavy atom. The topological polar surface area (TPSA) is 108 Å². The first-order valence-corrected chi connectivity index (χ1v) is 25.8. The fourth-order valence-electron chi connectivity index (χ4n) is 7.16. The Morgan fingerprint density at radius 3 is 1.21 bits per heavy atom. The largest absolute Gasteiger partial charge is 0.472 e. The van der Waals surface area contributed by atoms with E-state index in [2.05, 4.69) is 35.0 Å². The van der Waals surface area contributed by atoms with Crippen LogP contribution in [0.4, 0.5) is 0 Å². The average molecular weight is 833 g/mol. The van der Waals surface area contributed by atoms with Crippen LogP contribution in [0.2, 0.25) is 0 Å². The van der Waals surface area contributed by atoms with Gasteiger partial charge in [0, 0.05) is 12.8 Å². The lowest BCUT2D eigenvalue weighted by molar-refractivity contribution is -0.870. The van der Waals surface area contributed by atoms with Crippen LogP contribution < -0.4 is 0 Å². The van der Waals surface area contributed by atoms with Gasteiger partial charge in [0.2, 0.25) is 0 Å². The fraction of sp³-hybridized carbons (Fsp3) is 0.957. The molecule has 10 heteroatoms. The highest BCUT2D eigenvalue weighted by Gasteiger charge is 2.26. The number of quaternary nitrogens is 1. The first-order valence-electron chi connectivity index (χ1n) is 24.3. The first kappa shape index (κ1) is 56.0. The molecule has 0 spiro atoms. The number of carbonyl (C=O) groups is 2. The van der Waals surface area contributed by atoms with Crippen molar-refractivity contribution in [3.8, 4) is 0 Å². The second-order valence-electron chi connectivity index (χ2n) is 17.9. The number of unbranched alkanes of at least 4 members (excludes halogenated alkanes) is 30. The molecule has 0 bridgehead atoms. The summed E-state index contributed by atoms with van der Waals surface area (Å²) in [6.45, 7) is 5.04. The molecule has 0 aliphatic heterocycles. The number of hydrogen-bond acceptors (Lipinski definition) is 7. The van der Waals surface area contributed by atoms with Crippen molar-refractivity contribution in [3.63, 3.8) is 0 Å². The van der Waals surface area contributed by atoms with Crippen molar-refractivity contribution in [1.29, 1.82) is 0 Å². The van der Waals surface area contributed by atoms with E-state index in [1.807, 2.05) is 0 Å². The van der Waals surface area contributed by atoms with Gasteiger partial charge in [0.1, 0.15) is 6.61 Å². The molecular formula is C47H95NO8P+. The van der Waals surface area contributed by atoms with Crippen molar-refractivity contribution in [2.75, 3.05) is 47.5 Å². The van der Waals surface area contributed by atoms with Gasteiger partial charge >= 0.3 is 19.8 Å². The molecule has 0 fully saturated rings. The van der Waals surface area contributed by atoms with Crippen LogP contribution in [0.3, 0.4) is 0 Å². The van der Waals surface area contributed by atoms with Crippen LogP contribution in [0.15, 0.2) is 0 Å². The van der Waals surface area contributed by atoms with Gasteiger partial charge in [-0.25, -0.2) is 4.57 Å². The molecule has 0 radical (unpaired) electrons. The summed E-state index contributed by atoms with van der Waals surface area (Å²) < 4.78 is 34.9.